The number of ketones is 1. The predicted molar refractivity (Wildman–Crippen MR) is 171 cm³/mol. The number of anilines is 4. The second-order valence-corrected chi connectivity index (χ2v) is 14.1. The van der Waals surface area contributed by atoms with Crippen LogP contribution in [0.3, 0.4) is 0 Å². The number of nitrogens with one attached hydrogen (secondary N) is 4. The molecule has 232 valence electrons. The van der Waals surface area contributed by atoms with E-state index in [2.05, 4.69) is 30.0 Å². The van der Waals surface area contributed by atoms with Crippen molar-refractivity contribution in [2.24, 2.45) is 5.92 Å². The summed E-state index contributed by atoms with van der Waals surface area (Å²) >= 11 is 0. The van der Waals surface area contributed by atoms with Crippen LogP contribution in [-0.4, -0.2) is 73.3 Å². The third kappa shape index (κ3) is 9.31. The molecule has 12 nitrogen and oxygen atoms in total. The van der Waals surface area contributed by atoms with Crippen LogP contribution in [0.4, 0.5) is 23.1 Å². The van der Waals surface area contributed by atoms with Crippen molar-refractivity contribution in [3.8, 4) is 0 Å². The molecule has 1 aromatic heterocycles. The molecule has 44 heavy (non-hydrogen) atoms. The summed E-state index contributed by atoms with van der Waals surface area (Å²) in [6.45, 7) is 5.52. The zero-order chi connectivity index (χ0) is 31.2. The van der Waals surface area contributed by atoms with Gasteiger partial charge < -0.3 is 10.6 Å². The normalized spacial score (nSPS) is 16.0. The number of aryl methyl sites for hydroxylation is 1. The van der Waals surface area contributed by atoms with Crippen molar-refractivity contribution in [3.05, 3.63) is 65.9 Å². The first-order chi connectivity index (χ1) is 20.4. The summed E-state index contributed by atoms with van der Waals surface area (Å²) in [4.78, 5) is 32.7. The van der Waals surface area contributed by atoms with Gasteiger partial charge in [0.05, 0.1) is 10.1 Å². The van der Waals surface area contributed by atoms with Gasteiger partial charge in [-0.2, -0.15) is 4.98 Å². The van der Waals surface area contributed by atoms with Gasteiger partial charge in [0.25, 0.3) is 10.0 Å². The van der Waals surface area contributed by atoms with Gasteiger partial charge >= 0.3 is 29.6 Å². The Bertz CT molecular complexity index is 1720. The van der Waals surface area contributed by atoms with E-state index in [0.717, 1.165) is 0 Å². The second-order valence-electron chi connectivity index (χ2n) is 10.4. The first kappa shape index (κ1) is 35.6. The number of carbonyl (C=O) groups is 2. The third-order valence-electron chi connectivity index (χ3n) is 6.87. The number of sulfonamides is 2. The van der Waals surface area contributed by atoms with Gasteiger partial charge in [0.15, 0.2) is 0 Å². The molecule has 1 aliphatic rings. The Labute approximate surface area is 280 Å². The standard InChI is InChI=1S/C29H36N6O6S2.Na.H/c1-4-9-25(36)23-16-26(23)43(40,41)31-18-20-11-6-7-14-24(20)33-28-19(3)17-30-29(34-28)32-21-12-8-13-22(15-21)42(38,39)35-27(37)10-5-2;;/h6-8,11-15,17,23,26,31H,4-5,9-10,16,18H2,1-3H3,(H,35,37)(H2,30,32,33,34);;. The Morgan fingerprint density at radius 1 is 0.955 bits per heavy atom. The number of nitrogens with zero attached hydrogens (tertiary/aromatic N) is 2. The fourth-order valence-electron chi connectivity index (χ4n) is 4.48. The summed E-state index contributed by atoms with van der Waals surface area (Å²) < 4.78 is 55.6. The number of hydrogen-bond donors (Lipinski definition) is 4. The van der Waals surface area contributed by atoms with Gasteiger partial charge in [0.2, 0.25) is 21.9 Å². The maximum atomic E-state index is 12.8. The van der Waals surface area contributed by atoms with Crippen molar-refractivity contribution in [2.45, 2.75) is 69.6 Å². The average molecular weight is 653 g/mol. The molecule has 2 atom stereocenters. The molecule has 1 heterocycles. The molecule has 0 aliphatic heterocycles. The van der Waals surface area contributed by atoms with Gasteiger partial charge in [-0.05, 0) is 56.0 Å². The molecule has 1 aliphatic carbocycles. The van der Waals surface area contributed by atoms with E-state index in [1.54, 1.807) is 37.4 Å². The number of hydrogen-bond acceptors (Lipinski definition) is 10. The van der Waals surface area contributed by atoms with E-state index >= 15 is 0 Å². The summed E-state index contributed by atoms with van der Waals surface area (Å²) in [5.74, 6) is -0.370. The summed E-state index contributed by atoms with van der Waals surface area (Å²) in [7, 11) is -7.70. The molecule has 2 unspecified atom stereocenters. The minimum absolute atomic E-state index is 0. The number of carbonyl (C=O) groups excluding carboxylic acids is 2. The van der Waals surface area contributed by atoms with Crippen molar-refractivity contribution in [1.29, 1.82) is 0 Å². The van der Waals surface area contributed by atoms with Crippen molar-refractivity contribution >= 4 is 84.4 Å². The van der Waals surface area contributed by atoms with E-state index < -0.39 is 37.1 Å². The predicted octanol–water partition coefficient (Wildman–Crippen LogP) is 3.41. The summed E-state index contributed by atoms with van der Waals surface area (Å²) in [5.41, 5.74) is 2.42. The van der Waals surface area contributed by atoms with Crippen molar-refractivity contribution < 1.29 is 26.4 Å². The molecular formula is C29H37N6NaO6S2. The van der Waals surface area contributed by atoms with Crippen LogP contribution >= 0.6 is 0 Å². The van der Waals surface area contributed by atoms with Crippen LogP contribution in [0.5, 0.6) is 0 Å². The number of rotatable bonds is 15. The fraction of sp³-hybridized carbons (Fsp3) is 0.379. The minimum atomic E-state index is -4.04. The molecule has 0 saturated heterocycles. The van der Waals surface area contributed by atoms with Crippen molar-refractivity contribution in [1.82, 2.24) is 19.4 Å². The van der Waals surface area contributed by atoms with Crippen LogP contribution in [0.15, 0.2) is 59.6 Å². The molecule has 1 fully saturated rings. The second kappa shape index (κ2) is 15.4. The Morgan fingerprint density at radius 2 is 1.68 bits per heavy atom. The first-order valence-electron chi connectivity index (χ1n) is 14.1. The van der Waals surface area contributed by atoms with Crippen molar-refractivity contribution in [3.63, 3.8) is 0 Å². The van der Waals surface area contributed by atoms with Gasteiger partial charge in [0, 0.05) is 48.4 Å². The van der Waals surface area contributed by atoms with Crippen LogP contribution in [0.1, 0.15) is 57.1 Å². The number of Topliss-reactive ketones (excluding diaryl/α,β-unsaturated/α-hetero) is 1. The quantitative estimate of drug-likeness (QED) is 0.178. The van der Waals surface area contributed by atoms with E-state index in [-0.39, 0.29) is 59.1 Å². The summed E-state index contributed by atoms with van der Waals surface area (Å²) in [5, 5.41) is 5.54. The molecule has 15 heteroatoms. The molecule has 0 radical (unpaired) electrons. The van der Waals surface area contributed by atoms with Gasteiger partial charge in [-0.25, -0.2) is 31.3 Å². The molecule has 2 aromatic carbocycles. The molecule has 0 bridgehead atoms. The third-order valence-corrected chi connectivity index (χ3v) is 10.1. The zero-order valence-electron chi connectivity index (χ0n) is 24.3. The summed E-state index contributed by atoms with van der Waals surface area (Å²) in [6, 6.07) is 13.1. The SMILES string of the molecule is CCCC(=O)NS(=O)(=O)c1cccc(Nc2ncc(C)c(Nc3ccccc3CNS(=O)(=O)C3CC3C(=O)CCC)n2)c1.[NaH]. The number of para-hydroxylation sites is 1. The fourth-order valence-corrected chi connectivity index (χ4v) is 7.16. The molecule has 1 amide bonds. The Kier molecular flexibility index (Phi) is 12.5. The molecule has 4 rings (SSSR count). The maximum absolute atomic E-state index is 12.8. The Balaban J connectivity index is 0.00000529. The molecular weight excluding hydrogens is 615 g/mol. The van der Waals surface area contributed by atoms with Crippen LogP contribution in [0.2, 0.25) is 0 Å². The monoisotopic (exact) mass is 652 g/mol. The number of amides is 1. The van der Waals surface area contributed by atoms with Gasteiger partial charge in [-0.15, -0.1) is 0 Å². The van der Waals surface area contributed by atoms with Gasteiger partial charge in [-0.3, -0.25) is 9.59 Å². The molecule has 4 N–H and O–H groups in total. The van der Waals surface area contributed by atoms with E-state index in [4.69, 9.17) is 0 Å². The van der Waals surface area contributed by atoms with Gasteiger partial charge in [-0.1, -0.05) is 38.1 Å². The van der Waals surface area contributed by atoms with Crippen molar-refractivity contribution in [2.75, 3.05) is 10.6 Å². The molecule has 1 saturated carbocycles. The van der Waals surface area contributed by atoms with Crippen LogP contribution in [0, 0.1) is 12.8 Å². The average Bonchev–Trinajstić information content (AvgIpc) is 3.77. The Morgan fingerprint density at radius 3 is 2.41 bits per heavy atom. The number of aromatic nitrogens is 2. The summed E-state index contributed by atoms with van der Waals surface area (Å²) in [6.07, 6.45) is 3.65. The van der Waals surface area contributed by atoms with Crippen LogP contribution in [-0.2, 0) is 36.2 Å². The molecule has 0 spiro atoms. The van der Waals surface area contributed by atoms with Crippen LogP contribution < -0.4 is 20.1 Å². The van der Waals surface area contributed by atoms with E-state index in [9.17, 15) is 26.4 Å². The van der Waals surface area contributed by atoms with E-state index in [0.29, 0.717) is 54.0 Å². The van der Waals surface area contributed by atoms with E-state index in [1.165, 1.54) is 18.2 Å². The van der Waals surface area contributed by atoms with E-state index in [1.807, 2.05) is 19.9 Å². The molecule has 3 aromatic rings. The topological polar surface area (TPSA) is 176 Å². The van der Waals surface area contributed by atoms with Crippen LogP contribution in [0.25, 0.3) is 0 Å². The van der Waals surface area contributed by atoms with Gasteiger partial charge in [0.1, 0.15) is 11.6 Å². The number of benzene rings is 2. The first-order valence-corrected chi connectivity index (χ1v) is 17.1. The Hall–Kier alpha value is -2.88. The zero-order valence-corrected chi connectivity index (χ0v) is 25.9.